The predicted octanol–water partition coefficient (Wildman–Crippen LogP) is 4.03. The third-order valence-corrected chi connectivity index (χ3v) is 2.55. The summed E-state index contributed by atoms with van der Waals surface area (Å²) in [4.78, 5) is 4.27. The molecule has 0 aliphatic carbocycles. The molecular formula is C15H11NO. The Morgan fingerprint density at radius 1 is 0.765 bits per heavy atom. The summed E-state index contributed by atoms with van der Waals surface area (Å²) >= 11 is 0. The Balaban J connectivity index is 1.96. The Morgan fingerprint density at radius 3 is 2.53 bits per heavy atom. The molecule has 0 saturated heterocycles. The molecule has 0 aliphatic heterocycles. The first-order valence-corrected chi connectivity index (χ1v) is 5.49. The van der Waals surface area contributed by atoms with Crippen LogP contribution in [0.2, 0.25) is 0 Å². The molecule has 3 rings (SSSR count). The molecule has 0 saturated carbocycles. The second kappa shape index (κ2) is 4.26. The molecule has 2 heteroatoms. The standard InChI is InChI=1S/C15H11NO/c1-2-6-13(7-3-1)17-14-8-9-15-12(11-14)5-4-10-16-15/h1-11H. The average molecular weight is 221 g/mol. The van der Waals surface area contributed by atoms with E-state index in [1.165, 1.54) is 0 Å². The summed E-state index contributed by atoms with van der Waals surface area (Å²) < 4.78 is 5.76. The van der Waals surface area contributed by atoms with E-state index >= 15 is 0 Å². The summed E-state index contributed by atoms with van der Waals surface area (Å²) in [6.45, 7) is 0. The minimum atomic E-state index is 0.830. The molecule has 0 amide bonds. The maximum atomic E-state index is 5.76. The molecule has 0 aliphatic rings. The summed E-state index contributed by atoms with van der Waals surface area (Å²) in [7, 11) is 0. The predicted molar refractivity (Wildman–Crippen MR) is 68.3 cm³/mol. The molecule has 17 heavy (non-hydrogen) atoms. The van der Waals surface area contributed by atoms with Crippen molar-refractivity contribution in [2.75, 3.05) is 0 Å². The highest BCUT2D eigenvalue weighted by Crippen LogP contribution is 2.24. The first-order chi connectivity index (χ1) is 8.42. The van der Waals surface area contributed by atoms with Gasteiger partial charge in [0.1, 0.15) is 11.5 Å². The number of fused-ring (bicyclic) bond motifs is 1. The van der Waals surface area contributed by atoms with Crippen LogP contribution in [0.3, 0.4) is 0 Å². The fraction of sp³-hybridized carbons (Fsp3) is 0. The lowest BCUT2D eigenvalue weighted by Gasteiger charge is -2.06. The average Bonchev–Trinajstić information content (AvgIpc) is 2.40. The van der Waals surface area contributed by atoms with Crippen LogP contribution < -0.4 is 4.74 Å². The molecule has 0 N–H and O–H groups in total. The van der Waals surface area contributed by atoms with E-state index in [-0.39, 0.29) is 0 Å². The molecule has 1 aromatic heterocycles. The largest absolute Gasteiger partial charge is 0.457 e. The second-order valence-corrected chi connectivity index (χ2v) is 3.77. The Labute approximate surface area is 99.5 Å². The zero-order valence-corrected chi connectivity index (χ0v) is 9.21. The highest BCUT2D eigenvalue weighted by molar-refractivity contribution is 5.79. The van der Waals surface area contributed by atoms with Crippen LogP contribution in [0.5, 0.6) is 11.5 Å². The second-order valence-electron chi connectivity index (χ2n) is 3.77. The van der Waals surface area contributed by atoms with Crippen molar-refractivity contribution in [2.24, 2.45) is 0 Å². The van der Waals surface area contributed by atoms with Crippen LogP contribution in [-0.4, -0.2) is 4.98 Å². The molecule has 0 atom stereocenters. The Kier molecular flexibility index (Phi) is 2.47. The zero-order valence-electron chi connectivity index (χ0n) is 9.21. The first-order valence-electron chi connectivity index (χ1n) is 5.49. The van der Waals surface area contributed by atoms with Crippen molar-refractivity contribution in [1.29, 1.82) is 0 Å². The first kappa shape index (κ1) is 9.85. The molecule has 0 radical (unpaired) electrons. The lowest BCUT2D eigenvalue weighted by atomic mass is 10.2. The van der Waals surface area contributed by atoms with E-state index in [1.807, 2.05) is 60.7 Å². The number of rotatable bonds is 2. The van der Waals surface area contributed by atoms with Crippen molar-refractivity contribution in [3.05, 3.63) is 66.9 Å². The SMILES string of the molecule is c1ccc(Oc2ccc3ncccc3c2)cc1. The van der Waals surface area contributed by atoms with E-state index in [0.717, 1.165) is 22.4 Å². The van der Waals surface area contributed by atoms with E-state index in [1.54, 1.807) is 6.20 Å². The van der Waals surface area contributed by atoms with Crippen LogP contribution in [-0.2, 0) is 0 Å². The van der Waals surface area contributed by atoms with E-state index < -0.39 is 0 Å². The van der Waals surface area contributed by atoms with Crippen molar-refractivity contribution < 1.29 is 4.74 Å². The molecule has 0 bridgehead atoms. The topological polar surface area (TPSA) is 22.1 Å². The van der Waals surface area contributed by atoms with Gasteiger partial charge in [0.2, 0.25) is 0 Å². The van der Waals surface area contributed by atoms with Gasteiger partial charge in [0.15, 0.2) is 0 Å². The van der Waals surface area contributed by atoms with E-state index in [2.05, 4.69) is 4.98 Å². The van der Waals surface area contributed by atoms with Crippen molar-refractivity contribution in [1.82, 2.24) is 4.98 Å². The Hall–Kier alpha value is -2.35. The lowest BCUT2D eigenvalue weighted by Crippen LogP contribution is -1.84. The summed E-state index contributed by atoms with van der Waals surface area (Å²) in [5, 5.41) is 1.08. The van der Waals surface area contributed by atoms with Crippen LogP contribution in [0.15, 0.2) is 66.9 Å². The molecular weight excluding hydrogens is 210 g/mol. The molecule has 1 heterocycles. The number of ether oxygens (including phenoxy) is 1. The normalized spacial score (nSPS) is 10.4. The van der Waals surface area contributed by atoms with Gasteiger partial charge in [0, 0.05) is 11.6 Å². The summed E-state index contributed by atoms with van der Waals surface area (Å²) in [5.41, 5.74) is 0.980. The van der Waals surface area contributed by atoms with Gasteiger partial charge in [0.05, 0.1) is 5.52 Å². The van der Waals surface area contributed by atoms with Gasteiger partial charge in [-0.05, 0) is 36.4 Å². The van der Waals surface area contributed by atoms with E-state index in [4.69, 9.17) is 4.74 Å². The molecule has 3 aromatic rings. The van der Waals surface area contributed by atoms with Crippen molar-refractivity contribution in [2.45, 2.75) is 0 Å². The summed E-state index contributed by atoms with van der Waals surface area (Å²) in [6.07, 6.45) is 1.79. The van der Waals surface area contributed by atoms with Gasteiger partial charge in [-0.15, -0.1) is 0 Å². The van der Waals surface area contributed by atoms with Crippen LogP contribution in [0.1, 0.15) is 0 Å². The maximum absolute atomic E-state index is 5.76. The van der Waals surface area contributed by atoms with E-state index in [0.29, 0.717) is 0 Å². The number of hydrogen-bond acceptors (Lipinski definition) is 2. The van der Waals surface area contributed by atoms with Gasteiger partial charge < -0.3 is 4.74 Å². The zero-order chi connectivity index (χ0) is 11.5. The fourth-order valence-corrected chi connectivity index (χ4v) is 1.74. The summed E-state index contributed by atoms with van der Waals surface area (Å²) in [5.74, 6) is 1.67. The number of nitrogens with zero attached hydrogens (tertiary/aromatic N) is 1. The minimum Gasteiger partial charge on any atom is -0.457 e. The molecule has 0 spiro atoms. The van der Waals surface area contributed by atoms with Gasteiger partial charge in [-0.25, -0.2) is 0 Å². The highest BCUT2D eigenvalue weighted by atomic mass is 16.5. The van der Waals surface area contributed by atoms with Gasteiger partial charge in [0.25, 0.3) is 0 Å². The Morgan fingerprint density at radius 2 is 1.65 bits per heavy atom. The minimum absolute atomic E-state index is 0.830. The number of benzene rings is 2. The molecule has 82 valence electrons. The molecule has 2 nitrogen and oxygen atoms in total. The number of pyridine rings is 1. The number of para-hydroxylation sites is 1. The monoisotopic (exact) mass is 221 g/mol. The van der Waals surface area contributed by atoms with E-state index in [9.17, 15) is 0 Å². The smallest absolute Gasteiger partial charge is 0.128 e. The highest BCUT2D eigenvalue weighted by Gasteiger charge is 1.98. The number of aromatic nitrogens is 1. The van der Waals surface area contributed by atoms with Gasteiger partial charge >= 0.3 is 0 Å². The van der Waals surface area contributed by atoms with Crippen molar-refractivity contribution in [3.8, 4) is 11.5 Å². The van der Waals surface area contributed by atoms with Crippen LogP contribution in [0.4, 0.5) is 0 Å². The van der Waals surface area contributed by atoms with Gasteiger partial charge in [-0.3, -0.25) is 4.98 Å². The fourth-order valence-electron chi connectivity index (χ4n) is 1.74. The third-order valence-electron chi connectivity index (χ3n) is 2.55. The molecule has 0 unspecified atom stereocenters. The van der Waals surface area contributed by atoms with Crippen molar-refractivity contribution >= 4 is 10.9 Å². The summed E-state index contributed by atoms with van der Waals surface area (Å²) in [6, 6.07) is 19.6. The van der Waals surface area contributed by atoms with Crippen LogP contribution in [0, 0.1) is 0 Å². The van der Waals surface area contributed by atoms with Crippen LogP contribution in [0.25, 0.3) is 10.9 Å². The molecule has 0 fully saturated rings. The number of hydrogen-bond donors (Lipinski definition) is 0. The van der Waals surface area contributed by atoms with Crippen molar-refractivity contribution in [3.63, 3.8) is 0 Å². The van der Waals surface area contributed by atoms with Crippen LogP contribution >= 0.6 is 0 Å². The maximum Gasteiger partial charge on any atom is 0.128 e. The van der Waals surface area contributed by atoms with Gasteiger partial charge in [-0.2, -0.15) is 0 Å². The quantitative estimate of drug-likeness (QED) is 0.651. The molecule has 2 aromatic carbocycles. The van der Waals surface area contributed by atoms with Gasteiger partial charge in [-0.1, -0.05) is 24.3 Å². The Bertz CT molecular complexity index is 635. The third kappa shape index (κ3) is 2.11. The lowest BCUT2D eigenvalue weighted by molar-refractivity contribution is 0.483.